The summed E-state index contributed by atoms with van der Waals surface area (Å²) in [4.78, 5) is 14.9. The molecule has 4 rings (SSSR count). The van der Waals surface area contributed by atoms with Crippen LogP contribution < -0.4 is 5.32 Å². The van der Waals surface area contributed by atoms with Gasteiger partial charge in [0.2, 0.25) is 0 Å². The van der Waals surface area contributed by atoms with E-state index in [4.69, 9.17) is 4.74 Å². The molecule has 1 saturated heterocycles. The van der Waals surface area contributed by atoms with Gasteiger partial charge in [-0.1, -0.05) is 12.1 Å². The quantitative estimate of drug-likeness (QED) is 0.653. The number of halogens is 2. The third-order valence-electron chi connectivity index (χ3n) is 5.35. The van der Waals surface area contributed by atoms with Gasteiger partial charge in [-0.25, -0.2) is 8.78 Å². The van der Waals surface area contributed by atoms with Gasteiger partial charge in [0.05, 0.1) is 31.6 Å². The molecule has 6 nitrogen and oxygen atoms in total. The summed E-state index contributed by atoms with van der Waals surface area (Å²) in [7, 11) is 0. The van der Waals surface area contributed by atoms with Crippen LogP contribution in [0.15, 0.2) is 48.8 Å². The van der Waals surface area contributed by atoms with E-state index in [1.54, 1.807) is 30.1 Å². The fourth-order valence-corrected chi connectivity index (χ4v) is 3.63. The number of benzene rings is 2. The Morgan fingerprint density at radius 3 is 2.61 bits per heavy atom. The lowest BCUT2D eigenvalue weighted by Gasteiger charge is -2.26. The van der Waals surface area contributed by atoms with Gasteiger partial charge in [0.25, 0.3) is 5.91 Å². The molecular weight excluding hydrogens is 402 g/mol. The highest BCUT2D eigenvalue weighted by atomic mass is 19.1. The molecule has 162 valence electrons. The molecule has 1 aliphatic heterocycles. The highest BCUT2D eigenvalue weighted by Crippen LogP contribution is 2.27. The number of rotatable bonds is 6. The lowest BCUT2D eigenvalue weighted by Crippen LogP contribution is -2.38. The zero-order valence-corrected chi connectivity index (χ0v) is 17.3. The molecule has 0 unspecified atom stereocenters. The van der Waals surface area contributed by atoms with E-state index in [0.717, 1.165) is 32.8 Å². The molecule has 1 fully saturated rings. The number of nitrogens with zero attached hydrogens (tertiary/aromatic N) is 3. The van der Waals surface area contributed by atoms with Crippen molar-refractivity contribution in [2.45, 2.75) is 13.5 Å². The van der Waals surface area contributed by atoms with Gasteiger partial charge in [-0.3, -0.25) is 14.4 Å². The van der Waals surface area contributed by atoms with E-state index >= 15 is 0 Å². The van der Waals surface area contributed by atoms with Crippen molar-refractivity contribution in [3.63, 3.8) is 0 Å². The molecule has 31 heavy (non-hydrogen) atoms. The Bertz CT molecular complexity index is 1080. The Kier molecular flexibility index (Phi) is 6.39. The Morgan fingerprint density at radius 1 is 1.10 bits per heavy atom. The van der Waals surface area contributed by atoms with Gasteiger partial charge >= 0.3 is 0 Å². The molecule has 0 spiro atoms. The molecule has 8 heteroatoms. The lowest BCUT2D eigenvalue weighted by molar-refractivity contribution is 0.0360. The lowest BCUT2D eigenvalue weighted by atomic mass is 9.98. The second-order valence-electron chi connectivity index (χ2n) is 7.55. The number of amides is 1. The van der Waals surface area contributed by atoms with Gasteiger partial charge in [-0.2, -0.15) is 5.10 Å². The minimum Gasteiger partial charge on any atom is -0.379 e. The van der Waals surface area contributed by atoms with Gasteiger partial charge in [0.1, 0.15) is 11.6 Å². The van der Waals surface area contributed by atoms with Crippen molar-refractivity contribution >= 4 is 11.6 Å². The molecule has 0 atom stereocenters. The van der Waals surface area contributed by atoms with Crippen LogP contribution in [-0.2, 0) is 11.3 Å². The Morgan fingerprint density at radius 2 is 1.87 bits per heavy atom. The number of hydrogen-bond donors (Lipinski definition) is 1. The summed E-state index contributed by atoms with van der Waals surface area (Å²) in [6.07, 6.45) is 3.33. The molecule has 2 heterocycles. The second kappa shape index (κ2) is 9.36. The summed E-state index contributed by atoms with van der Waals surface area (Å²) in [5.74, 6) is -1.33. The number of carbonyl (C=O) groups is 1. The number of aryl methyl sites for hydroxylation is 1. The van der Waals surface area contributed by atoms with Crippen molar-refractivity contribution < 1.29 is 18.3 Å². The average Bonchev–Trinajstić information content (AvgIpc) is 3.21. The van der Waals surface area contributed by atoms with Gasteiger partial charge in [-0.15, -0.1) is 0 Å². The zero-order chi connectivity index (χ0) is 21.8. The van der Waals surface area contributed by atoms with E-state index < -0.39 is 11.7 Å². The summed E-state index contributed by atoms with van der Waals surface area (Å²) < 4.78 is 35.1. The van der Waals surface area contributed by atoms with Crippen LogP contribution in [0, 0.1) is 18.6 Å². The smallest absolute Gasteiger partial charge is 0.255 e. The third-order valence-corrected chi connectivity index (χ3v) is 5.35. The van der Waals surface area contributed by atoms with Crippen LogP contribution >= 0.6 is 0 Å². The number of nitrogens with one attached hydrogen (secondary N) is 1. The van der Waals surface area contributed by atoms with E-state index in [2.05, 4.69) is 15.3 Å². The second-order valence-corrected chi connectivity index (χ2v) is 7.55. The van der Waals surface area contributed by atoms with Crippen LogP contribution in [0.1, 0.15) is 15.9 Å². The monoisotopic (exact) mass is 426 g/mol. The summed E-state index contributed by atoms with van der Waals surface area (Å²) in [6.45, 7) is 6.58. The molecule has 1 N–H and O–H groups in total. The number of carbonyl (C=O) groups excluding carboxylic acids is 1. The maximum Gasteiger partial charge on any atom is 0.255 e. The first-order valence-electron chi connectivity index (χ1n) is 10.2. The third kappa shape index (κ3) is 5.15. The summed E-state index contributed by atoms with van der Waals surface area (Å²) in [5, 5.41) is 7.02. The number of ether oxygens (including phenoxy) is 1. The van der Waals surface area contributed by atoms with Crippen LogP contribution in [0.5, 0.6) is 0 Å². The number of morpholine rings is 1. The van der Waals surface area contributed by atoms with Crippen LogP contribution in [0.2, 0.25) is 0 Å². The number of aromatic nitrogens is 2. The van der Waals surface area contributed by atoms with Gasteiger partial charge in [0.15, 0.2) is 0 Å². The van der Waals surface area contributed by atoms with E-state index in [0.29, 0.717) is 28.9 Å². The Hall–Kier alpha value is -3.10. The predicted octanol–water partition coefficient (Wildman–Crippen LogP) is 3.72. The molecule has 0 aliphatic carbocycles. The minimum absolute atomic E-state index is 0.196. The van der Waals surface area contributed by atoms with Gasteiger partial charge in [0, 0.05) is 37.0 Å². The van der Waals surface area contributed by atoms with E-state index in [9.17, 15) is 13.6 Å². The summed E-state index contributed by atoms with van der Waals surface area (Å²) in [6, 6.07) is 8.46. The number of anilines is 1. The van der Waals surface area contributed by atoms with Crippen LogP contribution in [0.3, 0.4) is 0 Å². The molecule has 0 bridgehead atoms. The maximum absolute atomic E-state index is 14.7. The fourth-order valence-electron chi connectivity index (χ4n) is 3.63. The minimum atomic E-state index is -0.538. The SMILES string of the molecule is Cc1cc(F)ccc1-c1ccc(C(=O)Nc2cnn(CCN3CCOCC3)c2)cc1F. The zero-order valence-electron chi connectivity index (χ0n) is 17.3. The standard InChI is InChI=1S/C23H24F2N4O2/c1-16-12-18(24)3-5-20(16)21-4-2-17(13-22(21)25)23(30)27-19-14-26-29(15-19)7-6-28-8-10-31-11-9-28/h2-5,12-15H,6-11H2,1H3,(H,27,30). The van der Waals surface area contributed by atoms with Gasteiger partial charge < -0.3 is 10.1 Å². The van der Waals surface area contributed by atoms with Crippen LogP contribution in [0.25, 0.3) is 11.1 Å². The highest BCUT2D eigenvalue weighted by Gasteiger charge is 2.14. The first-order valence-corrected chi connectivity index (χ1v) is 10.2. The van der Waals surface area contributed by atoms with Crippen molar-refractivity contribution in [2.24, 2.45) is 0 Å². The van der Waals surface area contributed by atoms with E-state index in [1.807, 2.05) is 0 Å². The number of hydrogen-bond acceptors (Lipinski definition) is 4. The van der Waals surface area contributed by atoms with Crippen molar-refractivity contribution in [1.29, 1.82) is 0 Å². The molecular formula is C23H24F2N4O2. The van der Waals surface area contributed by atoms with E-state index in [1.165, 1.54) is 30.3 Å². The Balaban J connectivity index is 1.39. The van der Waals surface area contributed by atoms with Crippen molar-refractivity contribution in [3.8, 4) is 11.1 Å². The molecule has 3 aromatic rings. The molecule has 1 aromatic heterocycles. The van der Waals surface area contributed by atoms with Crippen LogP contribution in [-0.4, -0.2) is 53.4 Å². The van der Waals surface area contributed by atoms with Crippen molar-refractivity contribution in [3.05, 3.63) is 71.6 Å². The van der Waals surface area contributed by atoms with Crippen molar-refractivity contribution in [1.82, 2.24) is 14.7 Å². The first-order chi connectivity index (χ1) is 15.0. The topological polar surface area (TPSA) is 59.4 Å². The molecule has 1 aliphatic rings. The first kappa shape index (κ1) is 21.1. The normalized spacial score (nSPS) is 14.5. The molecule has 1 amide bonds. The van der Waals surface area contributed by atoms with Crippen molar-refractivity contribution in [2.75, 3.05) is 38.2 Å². The molecule has 0 radical (unpaired) electrons. The molecule has 2 aromatic carbocycles. The Labute approximate surface area is 179 Å². The van der Waals surface area contributed by atoms with Crippen LogP contribution in [0.4, 0.5) is 14.5 Å². The fraction of sp³-hybridized carbons (Fsp3) is 0.304. The predicted molar refractivity (Wildman–Crippen MR) is 114 cm³/mol. The van der Waals surface area contributed by atoms with E-state index in [-0.39, 0.29) is 11.4 Å². The largest absolute Gasteiger partial charge is 0.379 e. The average molecular weight is 426 g/mol. The highest BCUT2D eigenvalue weighted by molar-refractivity contribution is 6.04. The summed E-state index contributed by atoms with van der Waals surface area (Å²) in [5.41, 5.74) is 2.28. The molecule has 0 saturated carbocycles. The maximum atomic E-state index is 14.7. The van der Waals surface area contributed by atoms with Gasteiger partial charge in [-0.05, 0) is 42.3 Å². The summed E-state index contributed by atoms with van der Waals surface area (Å²) >= 11 is 0.